The quantitative estimate of drug-likeness (QED) is 0.639. The highest BCUT2D eigenvalue weighted by Gasteiger charge is 2.50. The van der Waals surface area contributed by atoms with Crippen molar-refractivity contribution in [2.75, 3.05) is 13.7 Å². The van der Waals surface area contributed by atoms with Crippen LogP contribution in [0.1, 0.15) is 58.9 Å². The van der Waals surface area contributed by atoms with Crippen molar-refractivity contribution in [1.82, 2.24) is 5.32 Å². The number of nitrogens with two attached hydrogens (primary N) is 1. The summed E-state index contributed by atoms with van der Waals surface area (Å²) in [6.45, 7) is 8.63. The standard InChI is InChI=1S/C15H21FN2O2.C7H14O2/c1-10(14(17)19)15(20-2,13-8-5-9-18-13)11-6-3-4-7-12(11)16;1-7(2,3)5-4-6(8)9/h3-4,6-7,10,13,18H,5,8-9H2,1-2H3,(H2,17,19);4-5H2,1-3H3,(H,8,9)/t10-,13-,15+;/m0./s1. The minimum absolute atomic E-state index is 0.133. The smallest absolute Gasteiger partial charge is 0.303 e. The molecular weight excluding hydrogens is 375 g/mol. The Hall–Kier alpha value is -1.99. The van der Waals surface area contributed by atoms with E-state index in [0.29, 0.717) is 5.56 Å². The molecule has 0 radical (unpaired) electrons. The SMILES string of the molecule is CC(C)(C)CCC(=O)O.CO[C@](c1ccccc1F)([C@@H]1CCCN1)[C@@H](C)C(N)=O. The summed E-state index contributed by atoms with van der Waals surface area (Å²) in [6, 6.07) is 6.28. The van der Waals surface area contributed by atoms with Crippen LogP contribution in [0.5, 0.6) is 0 Å². The van der Waals surface area contributed by atoms with Gasteiger partial charge in [-0.25, -0.2) is 4.39 Å². The number of amides is 1. The van der Waals surface area contributed by atoms with E-state index in [2.05, 4.69) is 5.32 Å². The Morgan fingerprint density at radius 1 is 1.34 bits per heavy atom. The summed E-state index contributed by atoms with van der Waals surface area (Å²) in [5.41, 5.74) is 4.94. The fraction of sp³-hybridized carbons (Fsp3) is 0.636. The van der Waals surface area contributed by atoms with E-state index >= 15 is 0 Å². The third kappa shape index (κ3) is 6.78. The van der Waals surface area contributed by atoms with Crippen LogP contribution in [0.25, 0.3) is 0 Å². The fourth-order valence-corrected chi connectivity index (χ4v) is 3.67. The highest BCUT2D eigenvalue weighted by Crippen LogP contribution is 2.41. The van der Waals surface area contributed by atoms with Gasteiger partial charge in [0, 0.05) is 25.1 Å². The monoisotopic (exact) mass is 410 g/mol. The Morgan fingerprint density at radius 2 is 1.97 bits per heavy atom. The van der Waals surface area contributed by atoms with Crippen molar-refractivity contribution < 1.29 is 23.8 Å². The second kappa shape index (κ2) is 10.7. The van der Waals surface area contributed by atoms with Gasteiger partial charge in [0.1, 0.15) is 11.4 Å². The van der Waals surface area contributed by atoms with Crippen molar-refractivity contribution in [3.8, 4) is 0 Å². The molecule has 1 aromatic rings. The van der Waals surface area contributed by atoms with Gasteiger partial charge in [0.15, 0.2) is 0 Å². The van der Waals surface area contributed by atoms with E-state index in [1.54, 1.807) is 25.1 Å². The zero-order chi connectivity index (χ0) is 22.2. The molecule has 1 aromatic carbocycles. The van der Waals surface area contributed by atoms with E-state index in [1.165, 1.54) is 13.2 Å². The first-order valence-electron chi connectivity index (χ1n) is 10.0. The van der Waals surface area contributed by atoms with Crippen molar-refractivity contribution in [2.24, 2.45) is 17.1 Å². The lowest BCUT2D eigenvalue weighted by molar-refractivity contribution is -0.139. The molecule has 6 nitrogen and oxygen atoms in total. The summed E-state index contributed by atoms with van der Waals surface area (Å²) >= 11 is 0. The number of carbonyl (C=O) groups excluding carboxylic acids is 1. The molecule has 0 unspecified atom stereocenters. The van der Waals surface area contributed by atoms with Crippen LogP contribution in [-0.2, 0) is 19.9 Å². The minimum Gasteiger partial charge on any atom is -0.481 e. The minimum atomic E-state index is -1.08. The molecule has 7 heteroatoms. The number of benzene rings is 1. The third-order valence-corrected chi connectivity index (χ3v) is 5.37. The number of halogens is 1. The predicted molar refractivity (Wildman–Crippen MR) is 111 cm³/mol. The van der Waals surface area contributed by atoms with E-state index in [9.17, 15) is 14.0 Å². The number of aliphatic carboxylic acids is 1. The fourth-order valence-electron chi connectivity index (χ4n) is 3.67. The molecule has 29 heavy (non-hydrogen) atoms. The molecule has 0 saturated carbocycles. The van der Waals surface area contributed by atoms with Gasteiger partial charge in [0.05, 0.1) is 5.92 Å². The number of carboxylic acid groups (broad SMARTS) is 1. The Balaban J connectivity index is 0.000000396. The number of hydrogen-bond acceptors (Lipinski definition) is 4. The van der Waals surface area contributed by atoms with Crippen LogP contribution in [0, 0.1) is 17.2 Å². The van der Waals surface area contributed by atoms with Crippen molar-refractivity contribution >= 4 is 11.9 Å². The molecule has 1 saturated heterocycles. The molecule has 1 amide bonds. The first-order chi connectivity index (χ1) is 13.5. The van der Waals surface area contributed by atoms with Gasteiger partial charge in [-0.15, -0.1) is 0 Å². The number of primary amides is 1. The maximum absolute atomic E-state index is 14.3. The van der Waals surface area contributed by atoms with Crippen LogP contribution in [0.4, 0.5) is 4.39 Å². The molecule has 0 aliphatic carbocycles. The molecule has 1 aliphatic heterocycles. The number of ether oxygens (including phenoxy) is 1. The van der Waals surface area contributed by atoms with Crippen molar-refractivity contribution in [3.05, 3.63) is 35.6 Å². The average Bonchev–Trinajstić information content (AvgIpc) is 3.17. The molecule has 4 N–H and O–H groups in total. The molecule has 0 aromatic heterocycles. The lowest BCUT2D eigenvalue weighted by Gasteiger charge is -2.42. The Bertz CT molecular complexity index is 684. The summed E-state index contributed by atoms with van der Waals surface area (Å²) in [5, 5.41) is 11.6. The average molecular weight is 411 g/mol. The molecule has 164 valence electrons. The lowest BCUT2D eigenvalue weighted by atomic mass is 9.75. The molecule has 0 bridgehead atoms. The normalized spacial score (nSPS) is 19.6. The first kappa shape index (κ1) is 25.0. The summed E-state index contributed by atoms with van der Waals surface area (Å²) in [6.07, 6.45) is 2.82. The topological polar surface area (TPSA) is 102 Å². The maximum Gasteiger partial charge on any atom is 0.303 e. The second-order valence-corrected chi connectivity index (χ2v) is 8.70. The van der Waals surface area contributed by atoms with Gasteiger partial charge in [0.25, 0.3) is 0 Å². The maximum atomic E-state index is 14.3. The van der Waals surface area contributed by atoms with Gasteiger partial charge in [-0.05, 0) is 37.3 Å². The van der Waals surface area contributed by atoms with E-state index in [1.807, 2.05) is 20.8 Å². The van der Waals surface area contributed by atoms with Crippen LogP contribution in [-0.4, -0.2) is 36.7 Å². The zero-order valence-corrected chi connectivity index (χ0v) is 18.1. The van der Waals surface area contributed by atoms with Crippen LogP contribution < -0.4 is 11.1 Å². The summed E-state index contributed by atoms with van der Waals surface area (Å²) in [7, 11) is 1.51. The molecule has 3 atom stereocenters. The lowest BCUT2D eigenvalue weighted by Crippen LogP contribution is -2.55. The van der Waals surface area contributed by atoms with E-state index in [4.69, 9.17) is 15.6 Å². The first-order valence-corrected chi connectivity index (χ1v) is 10.0. The number of rotatable bonds is 7. The van der Waals surface area contributed by atoms with Gasteiger partial charge in [-0.1, -0.05) is 45.9 Å². The second-order valence-electron chi connectivity index (χ2n) is 8.70. The molecule has 1 aliphatic rings. The third-order valence-electron chi connectivity index (χ3n) is 5.37. The molecular formula is C22H35FN2O4. The summed E-state index contributed by atoms with van der Waals surface area (Å²) in [4.78, 5) is 21.8. The van der Waals surface area contributed by atoms with E-state index in [0.717, 1.165) is 25.8 Å². The number of carboxylic acids is 1. The summed E-state index contributed by atoms with van der Waals surface area (Å²) < 4.78 is 20.0. The number of hydrogen-bond donors (Lipinski definition) is 3. The van der Waals surface area contributed by atoms with Crippen LogP contribution in [0.3, 0.4) is 0 Å². The number of methoxy groups -OCH3 is 1. The predicted octanol–water partition coefficient (Wildman–Crippen LogP) is 3.44. The summed E-state index contributed by atoms with van der Waals surface area (Å²) in [5.74, 6) is -2.22. The van der Waals surface area contributed by atoms with Crippen LogP contribution >= 0.6 is 0 Å². The molecule has 1 heterocycles. The Kier molecular flexibility index (Phi) is 9.23. The van der Waals surface area contributed by atoms with Crippen LogP contribution in [0.2, 0.25) is 0 Å². The van der Waals surface area contributed by atoms with Crippen molar-refractivity contribution in [3.63, 3.8) is 0 Å². The zero-order valence-electron chi connectivity index (χ0n) is 18.1. The molecule has 0 spiro atoms. The largest absolute Gasteiger partial charge is 0.481 e. The van der Waals surface area contributed by atoms with Gasteiger partial charge in [0.2, 0.25) is 5.91 Å². The highest BCUT2D eigenvalue weighted by atomic mass is 19.1. The molecule has 1 fully saturated rings. The van der Waals surface area contributed by atoms with E-state index in [-0.39, 0.29) is 23.7 Å². The van der Waals surface area contributed by atoms with Gasteiger partial charge in [-0.2, -0.15) is 0 Å². The van der Waals surface area contributed by atoms with Gasteiger partial charge in [-0.3, -0.25) is 9.59 Å². The molecule has 2 rings (SSSR count). The van der Waals surface area contributed by atoms with E-state index < -0.39 is 23.4 Å². The Morgan fingerprint density at radius 3 is 2.34 bits per heavy atom. The van der Waals surface area contributed by atoms with Crippen molar-refractivity contribution in [1.29, 1.82) is 0 Å². The Labute approximate surface area is 173 Å². The highest BCUT2D eigenvalue weighted by molar-refractivity contribution is 5.78. The van der Waals surface area contributed by atoms with Crippen LogP contribution in [0.15, 0.2) is 24.3 Å². The van der Waals surface area contributed by atoms with Crippen molar-refractivity contribution in [2.45, 2.75) is 65.0 Å². The van der Waals surface area contributed by atoms with Gasteiger partial charge < -0.3 is 20.9 Å². The number of nitrogens with one attached hydrogen (secondary N) is 1. The number of carbonyl (C=O) groups is 2. The van der Waals surface area contributed by atoms with Gasteiger partial charge >= 0.3 is 5.97 Å².